The second-order valence-electron chi connectivity index (χ2n) is 5.43. The van der Waals surface area contributed by atoms with Crippen LogP contribution in [0, 0.1) is 0 Å². The van der Waals surface area contributed by atoms with Gasteiger partial charge in [0, 0.05) is 43.8 Å². The van der Waals surface area contributed by atoms with Crippen molar-refractivity contribution < 1.29 is 4.79 Å². The smallest absolute Gasteiger partial charge is 0.223 e. The third-order valence-electron chi connectivity index (χ3n) is 3.06. The van der Waals surface area contributed by atoms with Crippen LogP contribution in [0.25, 0.3) is 0 Å². The molecule has 0 heterocycles. The van der Waals surface area contributed by atoms with Crippen LogP contribution >= 0.6 is 11.8 Å². The van der Waals surface area contributed by atoms with Gasteiger partial charge in [0.05, 0.1) is 6.54 Å². The predicted molar refractivity (Wildman–Crippen MR) is 99.1 cm³/mol. The Morgan fingerprint density at radius 2 is 1.96 bits per heavy atom. The minimum Gasteiger partial charge on any atom is -0.357 e. The summed E-state index contributed by atoms with van der Waals surface area (Å²) in [5.41, 5.74) is 0. The van der Waals surface area contributed by atoms with Gasteiger partial charge in [0.25, 0.3) is 0 Å². The van der Waals surface area contributed by atoms with Gasteiger partial charge in [0.1, 0.15) is 0 Å². The minimum atomic E-state index is 0.112. The second-order valence-corrected chi connectivity index (χ2v) is 6.94. The molecule has 0 aromatic heterocycles. The molecule has 0 aliphatic carbocycles. The van der Waals surface area contributed by atoms with Crippen LogP contribution in [0.1, 0.15) is 20.3 Å². The van der Waals surface area contributed by atoms with Gasteiger partial charge in [-0.05, 0) is 19.1 Å². The third kappa shape index (κ3) is 8.50. The lowest BCUT2D eigenvalue weighted by molar-refractivity contribution is -0.128. The Labute approximate surface area is 143 Å². The molecule has 23 heavy (non-hydrogen) atoms. The molecule has 0 spiro atoms. The summed E-state index contributed by atoms with van der Waals surface area (Å²) < 4.78 is 0. The van der Waals surface area contributed by atoms with Crippen LogP contribution in [-0.4, -0.2) is 55.7 Å². The Bertz CT molecular complexity index is 491. The highest BCUT2D eigenvalue weighted by Gasteiger charge is 2.06. The van der Waals surface area contributed by atoms with Crippen molar-refractivity contribution in [3.8, 4) is 0 Å². The average Bonchev–Trinajstić information content (AvgIpc) is 2.53. The third-order valence-corrected chi connectivity index (χ3v) is 4.16. The first kappa shape index (κ1) is 19.4. The summed E-state index contributed by atoms with van der Waals surface area (Å²) in [5, 5.41) is 6.80. The molecule has 0 aliphatic rings. The molecule has 128 valence electrons. The number of hydrogen-bond donors (Lipinski definition) is 2. The van der Waals surface area contributed by atoms with Gasteiger partial charge in [-0.2, -0.15) is 0 Å². The van der Waals surface area contributed by atoms with Gasteiger partial charge in [-0.1, -0.05) is 25.1 Å². The average molecular weight is 337 g/mol. The number of nitrogens with zero attached hydrogens (tertiary/aromatic N) is 2. The Kier molecular flexibility index (Phi) is 9.21. The lowest BCUT2D eigenvalue weighted by atomic mass is 10.4. The van der Waals surface area contributed by atoms with Gasteiger partial charge in [0.15, 0.2) is 5.96 Å². The maximum Gasteiger partial charge on any atom is 0.223 e. The molecule has 1 amide bonds. The molecule has 1 atom stereocenters. The minimum absolute atomic E-state index is 0.112. The molecule has 0 fully saturated rings. The zero-order valence-corrected chi connectivity index (χ0v) is 15.3. The van der Waals surface area contributed by atoms with Gasteiger partial charge in [0.2, 0.25) is 5.91 Å². The Morgan fingerprint density at radius 1 is 1.26 bits per heavy atom. The molecule has 0 bridgehead atoms. The van der Waals surface area contributed by atoms with E-state index in [9.17, 15) is 4.79 Å². The number of nitrogens with one attached hydrogen (secondary N) is 2. The number of benzene rings is 1. The van der Waals surface area contributed by atoms with Crippen molar-refractivity contribution in [2.75, 3.05) is 33.7 Å². The van der Waals surface area contributed by atoms with E-state index in [2.05, 4.69) is 34.7 Å². The summed E-state index contributed by atoms with van der Waals surface area (Å²) in [6.07, 6.45) is 0.464. The van der Waals surface area contributed by atoms with Crippen LogP contribution in [0.3, 0.4) is 0 Å². The Morgan fingerprint density at radius 3 is 2.57 bits per heavy atom. The molecule has 2 N–H and O–H groups in total. The van der Waals surface area contributed by atoms with Crippen LogP contribution in [0.15, 0.2) is 40.2 Å². The number of thioether (sulfide) groups is 1. The van der Waals surface area contributed by atoms with E-state index >= 15 is 0 Å². The van der Waals surface area contributed by atoms with Crippen LogP contribution < -0.4 is 10.6 Å². The van der Waals surface area contributed by atoms with Crippen LogP contribution in [-0.2, 0) is 4.79 Å². The monoisotopic (exact) mass is 336 g/mol. The molecule has 5 nitrogen and oxygen atoms in total. The van der Waals surface area contributed by atoms with Crippen LogP contribution in [0.2, 0.25) is 0 Å². The molecule has 0 saturated carbocycles. The number of guanidine groups is 1. The molecule has 1 rings (SSSR count). The van der Waals surface area contributed by atoms with E-state index in [4.69, 9.17) is 0 Å². The fourth-order valence-corrected chi connectivity index (χ4v) is 2.77. The van der Waals surface area contributed by atoms with Crippen molar-refractivity contribution in [2.45, 2.75) is 30.4 Å². The summed E-state index contributed by atoms with van der Waals surface area (Å²) >= 11 is 1.81. The predicted octanol–water partition coefficient (Wildman–Crippen LogP) is 2.20. The molecular weight excluding hydrogens is 308 g/mol. The lowest BCUT2D eigenvalue weighted by Crippen LogP contribution is -2.39. The van der Waals surface area contributed by atoms with Crippen molar-refractivity contribution in [3.05, 3.63) is 30.3 Å². The standard InChI is InChI=1S/C17H28N4OS/c1-5-18-17(19-12-11-16(22)21(3)4)20-13-14(2)23-15-9-7-6-8-10-15/h6-10,14H,5,11-13H2,1-4H3,(H2,18,19,20). The van der Waals surface area contributed by atoms with Crippen molar-refractivity contribution in [1.82, 2.24) is 15.5 Å². The lowest BCUT2D eigenvalue weighted by Gasteiger charge is -2.14. The number of carbonyl (C=O) groups excluding carboxylic acids is 1. The topological polar surface area (TPSA) is 56.7 Å². The number of hydrogen-bond acceptors (Lipinski definition) is 3. The zero-order chi connectivity index (χ0) is 17.1. The number of aliphatic imine (C=N–C) groups is 1. The van der Waals surface area contributed by atoms with Gasteiger partial charge in [-0.25, -0.2) is 0 Å². The molecule has 0 saturated heterocycles. The highest BCUT2D eigenvalue weighted by atomic mass is 32.2. The van der Waals surface area contributed by atoms with E-state index in [0.29, 0.717) is 18.2 Å². The highest BCUT2D eigenvalue weighted by molar-refractivity contribution is 8.00. The maximum atomic E-state index is 11.6. The second kappa shape index (κ2) is 10.9. The number of rotatable bonds is 8. The molecular formula is C17H28N4OS. The van der Waals surface area contributed by atoms with Gasteiger partial charge in [-0.3, -0.25) is 9.79 Å². The Balaban J connectivity index is 2.42. The van der Waals surface area contributed by atoms with Gasteiger partial charge >= 0.3 is 0 Å². The van der Waals surface area contributed by atoms with Crippen LogP contribution in [0.4, 0.5) is 0 Å². The van der Waals surface area contributed by atoms with Crippen molar-refractivity contribution in [3.63, 3.8) is 0 Å². The zero-order valence-electron chi connectivity index (χ0n) is 14.5. The fourth-order valence-electron chi connectivity index (χ4n) is 1.84. The van der Waals surface area contributed by atoms with Crippen LogP contribution in [0.5, 0.6) is 0 Å². The molecule has 0 aliphatic heterocycles. The van der Waals surface area contributed by atoms with E-state index in [1.165, 1.54) is 4.90 Å². The molecule has 0 radical (unpaired) electrons. The van der Waals surface area contributed by atoms with Gasteiger partial charge < -0.3 is 15.5 Å². The fraction of sp³-hybridized carbons (Fsp3) is 0.529. The van der Waals surface area contributed by atoms with Crippen molar-refractivity contribution in [1.29, 1.82) is 0 Å². The summed E-state index contributed by atoms with van der Waals surface area (Å²) in [6, 6.07) is 10.3. The van der Waals surface area contributed by atoms with E-state index in [1.807, 2.05) is 36.9 Å². The first-order valence-electron chi connectivity index (χ1n) is 7.97. The van der Waals surface area contributed by atoms with E-state index in [1.54, 1.807) is 19.0 Å². The summed E-state index contributed by atoms with van der Waals surface area (Å²) in [6.45, 7) is 6.30. The number of amides is 1. The van der Waals surface area contributed by atoms with E-state index in [-0.39, 0.29) is 5.91 Å². The molecule has 1 aromatic carbocycles. The first-order valence-corrected chi connectivity index (χ1v) is 8.85. The molecule has 1 aromatic rings. The SMILES string of the molecule is CCNC(=NCC(C)Sc1ccccc1)NCCC(=O)N(C)C. The molecule has 6 heteroatoms. The first-order chi connectivity index (χ1) is 11.0. The normalized spacial score (nSPS) is 12.6. The quantitative estimate of drug-likeness (QED) is 0.434. The van der Waals surface area contributed by atoms with Crippen molar-refractivity contribution >= 4 is 23.6 Å². The largest absolute Gasteiger partial charge is 0.357 e. The van der Waals surface area contributed by atoms with Gasteiger partial charge in [-0.15, -0.1) is 11.8 Å². The Hall–Kier alpha value is -1.69. The summed E-state index contributed by atoms with van der Waals surface area (Å²) in [4.78, 5) is 19.0. The maximum absolute atomic E-state index is 11.6. The molecule has 1 unspecified atom stereocenters. The number of carbonyl (C=O) groups is 1. The van der Waals surface area contributed by atoms with E-state index < -0.39 is 0 Å². The summed E-state index contributed by atoms with van der Waals surface area (Å²) in [5.74, 6) is 0.876. The van der Waals surface area contributed by atoms with E-state index in [0.717, 1.165) is 19.0 Å². The highest BCUT2D eigenvalue weighted by Crippen LogP contribution is 2.22. The van der Waals surface area contributed by atoms with Crippen molar-refractivity contribution in [2.24, 2.45) is 4.99 Å². The summed E-state index contributed by atoms with van der Waals surface area (Å²) in [7, 11) is 3.54.